The third-order valence-electron chi connectivity index (χ3n) is 4.38. The highest BCUT2D eigenvalue weighted by Gasteiger charge is 2.15. The lowest BCUT2D eigenvalue weighted by atomic mass is 10.1. The number of benzene rings is 3. The Balaban J connectivity index is 1.81. The highest BCUT2D eigenvalue weighted by atomic mass is 79.9. The zero-order valence-electron chi connectivity index (χ0n) is 17.8. The van der Waals surface area contributed by atoms with Gasteiger partial charge in [0.25, 0.3) is 11.8 Å². The van der Waals surface area contributed by atoms with Crippen molar-refractivity contribution < 1.29 is 19.4 Å². The Bertz CT molecular complexity index is 1180. The molecule has 33 heavy (non-hydrogen) atoms. The lowest BCUT2D eigenvalue weighted by Gasteiger charge is -2.10. The minimum Gasteiger partial charge on any atom is -0.504 e. The van der Waals surface area contributed by atoms with E-state index in [0.717, 1.165) is 5.56 Å². The number of nitrogens with zero attached hydrogens (tertiary/aromatic N) is 1. The molecule has 0 aliphatic carbocycles. The van der Waals surface area contributed by atoms with E-state index in [-0.39, 0.29) is 11.4 Å². The van der Waals surface area contributed by atoms with Gasteiger partial charge < -0.3 is 15.2 Å². The van der Waals surface area contributed by atoms with Crippen LogP contribution in [0, 0.1) is 0 Å². The molecule has 3 N–H and O–H groups in total. The molecule has 0 fully saturated rings. The van der Waals surface area contributed by atoms with Crippen molar-refractivity contribution in [1.82, 2.24) is 10.7 Å². The van der Waals surface area contributed by atoms with Crippen LogP contribution in [0.15, 0.2) is 88.1 Å². The fourth-order valence-corrected chi connectivity index (χ4v) is 3.29. The number of phenols is 1. The number of carbonyl (C=O) groups is 2. The molecule has 0 aliphatic heterocycles. The molecule has 3 rings (SSSR count). The van der Waals surface area contributed by atoms with Gasteiger partial charge in [0.2, 0.25) is 0 Å². The molecule has 0 saturated heterocycles. The fraction of sp³-hybridized carbons (Fsp3) is 0.0800. The first-order valence-corrected chi connectivity index (χ1v) is 10.9. The van der Waals surface area contributed by atoms with Gasteiger partial charge in [-0.25, -0.2) is 5.43 Å². The first-order chi connectivity index (χ1) is 16.0. The Kier molecular flexibility index (Phi) is 8.37. The summed E-state index contributed by atoms with van der Waals surface area (Å²) < 4.78 is 6.07. The van der Waals surface area contributed by atoms with Crippen LogP contribution < -0.4 is 15.5 Å². The standard InChI is InChI=1S/C25H22BrN3O4/c1-2-33-22-15-20(26)14-19(23(22)30)16-27-29-25(32)21(13-17-9-5-3-6-10-17)28-24(31)18-11-7-4-8-12-18/h3-16,30H,2H2,1H3,(H,28,31)(H,29,32). The number of aromatic hydroxyl groups is 1. The molecule has 0 spiro atoms. The minimum atomic E-state index is -0.626. The summed E-state index contributed by atoms with van der Waals surface area (Å²) in [6, 6.07) is 20.9. The van der Waals surface area contributed by atoms with Crippen LogP contribution in [0.25, 0.3) is 6.08 Å². The van der Waals surface area contributed by atoms with Gasteiger partial charge >= 0.3 is 0 Å². The number of hydrogen-bond donors (Lipinski definition) is 3. The van der Waals surface area contributed by atoms with Crippen LogP contribution >= 0.6 is 15.9 Å². The number of hydrazone groups is 1. The van der Waals surface area contributed by atoms with Crippen molar-refractivity contribution in [2.24, 2.45) is 5.10 Å². The van der Waals surface area contributed by atoms with Crippen LogP contribution in [0.2, 0.25) is 0 Å². The molecule has 3 aromatic rings. The molecule has 0 aromatic heterocycles. The Hall–Kier alpha value is -3.91. The average Bonchev–Trinajstić information content (AvgIpc) is 2.82. The molecule has 7 nitrogen and oxygen atoms in total. The Labute approximate surface area is 199 Å². The van der Waals surface area contributed by atoms with Crippen LogP contribution in [0.5, 0.6) is 11.5 Å². The predicted octanol–water partition coefficient (Wildman–Crippen LogP) is 4.47. The van der Waals surface area contributed by atoms with Gasteiger partial charge in [0, 0.05) is 15.6 Å². The smallest absolute Gasteiger partial charge is 0.287 e. The number of halogens is 1. The van der Waals surface area contributed by atoms with E-state index in [1.54, 1.807) is 67.6 Å². The highest BCUT2D eigenvalue weighted by Crippen LogP contribution is 2.32. The second-order valence-corrected chi connectivity index (χ2v) is 7.68. The SMILES string of the molecule is CCOc1cc(Br)cc(C=NNC(=O)C(=Cc2ccccc2)NC(=O)c2ccccc2)c1O. The van der Waals surface area contributed by atoms with Crippen molar-refractivity contribution in [2.75, 3.05) is 6.61 Å². The van der Waals surface area contributed by atoms with E-state index in [1.165, 1.54) is 6.21 Å². The average molecular weight is 508 g/mol. The van der Waals surface area contributed by atoms with Crippen molar-refractivity contribution in [2.45, 2.75) is 6.92 Å². The number of hydrogen-bond acceptors (Lipinski definition) is 5. The van der Waals surface area contributed by atoms with E-state index in [1.807, 2.05) is 18.2 Å². The molecule has 168 valence electrons. The van der Waals surface area contributed by atoms with E-state index in [4.69, 9.17) is 4.74 Å². The second-order valence-electron chi connectivity index (χ2n) is 6.76. The summed E-state index contributed by atoms with van der Waals surface area (Å²) in [7, 11) is 0. The fourth-order valence-electron chi connectivity index (χ4n) is 2.84. The van der Waals surface area contributed by atoms with Crippen LogP contribution in [0.1, 0.15) is 28.4 Å². The van der Waals surface area contributed by atoms with Gasteiger partial charge in [0.05, 0.1) is 12.8 Å². The third kappa shape index (κ3) is 6.78. The first-order valence-electron chi connectivity index (χ1n) is 10.1. The van der Waals surface area contributed by atoms with E-state index in [9.17, 15) is 14.7 Å². The molecular formula is C25H22BrN3O4. The molecule has 0 atom stereocenters. The van der Waals surface area contributed by atoms with Crippen LogP contribution in [-0.2, 0) is 4.79 Å². The van der Waals surface area contributed by atoms with Gasteiger partial charge in [-0.1, -0.05) is 64.5 Å². The van der Waals surface area contributed by atoms with Gasteiger partial charge in [-0.2, -0.15) is 5.10 Å². The molecule has 8 heteroatoms. The van der Waals surface area contributed by atoms with Crippen LogP contribution in [0.4, 0.5) is 0 Å². The first kappa shape index (κ1) is 23.7. The van der Waals surface area contributed by atoms with E-state index in [0.29, 0.717) is 28.0 Å². The lowest BCUT2D eigenvalue weighted by Crippen LogP contribution is -2.32. The summed E-state index contributed by atoms with van der Waals surface area (Å²) >= 11 is 3.35. The minimum absolute atomic E-state index is 0.0145. The molecule has 0 unspecified atom stereocenters. The summed E-state index contributed by atoms with van der Waals surface area (Å²) in [5.74, 6) is -0.864. The maximum Gasteiger partial charge on any atom is 0.287 e. The highest BCUT2D eigenvalue weighted by molar-refractivity contribution is 9.10. The molecular weight excluding hydrogens is 486 g/mol. The monoisotopic (exact) mass is 507 g/mol. The molecule has 2 amide bonds. The zero-order valence-corrected chi connectivity index (χ0v) is 19.4. The number of ether oxygens (including phenoxy) is 1. The molecule has 3 aromatic carbocycles. The zero-order chi connectivity index (χ0) is 23.6. The largest absolute Gasteiger partial charge is 0.504 e. The second kappa shape index (κ2) is 11.6. The van der Waals surface area contributed by atoms with E-state index >= 15 is 0 Å². The van der Waals surface area contributed by atoms with Crippen molar-refractivity contribution >= 4 is 40.0 Å². The van der Waals surface area contributed by atoms with Crippen molar-refractivity contribution in [1.29, 1.82) is 0 Å². The van der Waals surface area contributed by atoms with Crippen molar-refractivity contribution in [3.63, 3.8) is 0 Å². The van der Waals surface area contributed by atoms with E-state index < -0.39 is 11.8 Å². The predicted molar refractivity (Wildman–Crippen MR) is 131 cm³/mol. The molecule has 0 aliphatic rings. The number of carbonyl (C=O) groups excluding carboxylic acids is 2. The van der Waals surface area contributed by atoms with Crippen LogP contribution in [0.3, 0.4) is 0 Å². The number of nitrogens with one attached hydrogen (secondary N) is 2. The summed E-state index contributed by atoms with van der Waals surface area (Å²) in [6.07, 6.45) is 2.84. The van der Waals surface area contributed by atoms with Gasteiger partial charge in [0.15, 0.2) is 11.5 Å². The van der Waals surface area contributed by atoms with Crippen molar-refractivity contribution in [3.05, 3.63) is 99.7 Å². The lowest BCUT2D eigenvalue weighted by molar-refractivity contribution is -0.117. The van der Waals surface area contributed by atoms with Crippen molar-refractivity contribution in [3.8, 4) is 11.5 Å². The summed E-state index contributed by atoms with van der Waals surface area (Å²) in [6.45, 7) is 2.19. The molecule has 0 bridgehead atoms. The molecule has 0 heterocycles. The quantitative estimate of drug-likeness (QED) is 0.238. The topological polar surface area (TPSA) is 100 Å². The van der Waals surface area contributed by atoms with Gasteiger partial charge in [-0.3, -0.25) is 9.59 Å². The van der Waals surface area contributed by atoms with Gasteiger partial charge in [0.1, 0.15) is 5.70 Å². The third-order valence-corrected chi connectivity index (χ3v) is 4.84. The van der Waals surface area contributed by atoms with E-state index in [2.05, 4.69) is 31.8 Å². The summed E-state index contributed by atoms with van der Waals surface area (Å²) in [4.78, 5) is 25.4. The maximum absolute atomic E-state index is 12.8. The summed E-state index contributed by atoms with van der Waals surface area (Å²) in [5.41, 5.74) is 3.88. The van der Waals surface area contributed by atoms with Gasteiger partial charge in [-0.05, 0) is 42.8 Å². The summed E-state index contributed by atoms with van der Waals surface area (Å²) in [5, 5.41) is 16.9. The Morgan fingerprint density at radius 2 is 1.73 bits per heavy atom. The number of phenolic OH excluding ortho intramolecular Hbond substituents is 1. The Morgan fingerprint density at radius 3 is 2.39 bits per heavy atom. The van der Waals surface area contributed by atoms with Crippen LogP contribution in [-0.4, -0.2) is 29.7 Å². The number of amides is 2. The normalized spacial score (nSPS) is 11.3. The molecule has 0 radical (unpaired) electrons. The Morgan fingerprint density at radius 1 is 1.06 bits per heavy atom. The van der Waals surface area contributed by atoms with Gasteiger partial charge in [-0.15, -0.1) is 0 Å². The number of rotatable bonds is 8. The maximum atomic E-state index is 12.8. The molecule has 0 saturated carbocycles.